The quantitative estimate of drug-likeness (QED) is 0.571. The standard InChI is InChI=1S/C12H26O3/c1-4-5-12(10-11(2)3)15-9-8-14-7-6-13/h11-13H,4-10H2,1-3H3. The van der Waals surface area contributed by atoms with E-state index in [2.05, 4.69) is 20.8 Å². The van der Waals surface area contributed by atoms with Gasteiger partial charge in [-0.05, 0) is 18.8 Å². The zero-order valence-electron chi connectivity index (χ0n) is 10.4. The van der Waals surface area contributed by atoms with Gasteiger partial charge in [0.2, 0.25) is 0 Å². The molecule has 0 aromatic carbocycles. The van der Waals surface area contributed by atoms with Crippen LogP contribution in [0.15, 0.2) is 0 Å². The molecular weight excluding hydrogens is 192 g/mol. The van der Waals surface area contributed by atoms with E-state index < -0.39 is 0 Å². The summed E-state index contributed by atoms with van der Waals surface area (Å²) in [4.78, 5) is 0. The summed E-state index contributed by atoms with van der Waals surface area (Å²) in [6.45, 7) is 8.33. The van der Waals surface area contributed by atoms with Gasteiger partial charge in [0.25, 0.3) is 0 Å². The minimum Gasteiger partial charge on any atom is -0.394 e. The third kappa shape index (κ3) is 10.2. The molecule has 1 atom stereocenters. The second kappa shape index (κ2) is 10.4. The Balaban J connectivity index is 3.47. The summed E-state index contributed by atoms with van der Waals surface area (Å²) in [5.74, 6) is 0.680. The fourth-order valence-corrected chi connectivity index (χ4v) is 1.56. The van der Waals surface area contributed by atoms with E-state index in [1.165, 1.54) is 0 Å². The molecule has 0 amide bonds. The van der Waals surface area contributed by atoms with Gasteiger partial charge in [0.05, 0.1) is 32.5 Å². The van der Waals surface area contributed by atoms with Crippen molar-refractivity contribution < 1.29 is 14.6 Å². The Hall–Kier alpha value is -0.120. The minimum absolute atomic E-state index is 0.0877. The third-order valence-corrected chi connectivity index (χ3v) is 2.16. The molecule has 0 aliphatic heterocycles. The predicted molar refractivity (Wildman–Crippen MR) is 62.0 cm³/mol. The van der Waals surface area contributed by atoms with E-state index in [1.54, 1.807) is 0 Å². The first-order valence-corrected chi connectivity index (χ1v) is 6.00. The van der Waals surface area contributed by atoms with Crippen molar-refractivity contribution in [1.29, 1.82) is 0 Å². The predicted octanol–water partition coefficient (Wildman–Crippen LogP) is 2.23. The van der Waals surface area contributed by atoms with E-state index in [4.69, 9.17) is 14.6 Å². The van der Waals surface area contributed by atoms with Gasteiger partial charge in [-0.3, -0.25) is 0 Å². The lowest BCUT2D eigenvalue weighted by Gasteiger charge is -2.19. The number of hydrogen-bond acceptors (Lipinski definition) is 3. The molecule has 0 bridgehead atoms. The lowest BCUT2D eigenvalue weighted by atomic mass is 10.0. The van der Waals surface area contributed by atoms with Gasteiger partial charge in [0, 0.05) is 0 Å². The lowest BCUT2D eigenvalue weighted by Crippen LogP contribution is -2.18. The monoisotopic (exact) mass is 218 g/mol. The van der Waals surface area contributed by atoms with Gasteiger partial charge in [-0.1, -0.05) is 27.2 Å². The fraction of sp³-hybridized carbons (Fsp3) is 1.00. The summed E-state index contributed by atoms with van der Waals surface area (Å²) in [6.07, 6.45) is 3.77. The number of hydrogen-bond donors (Lipinski definition) is 1. The van der Waals surface area contributed by atoms with Crippen molar-refractivity contribution in [3.63, 3.8) is 0 Å². The van der Waals surface area contributed by atoms with Crippen LogP contribution in [0.4, 0.5) is 0 Å². The Kier molecular flexibility index (Phi) is 10.3. The van der Waals surface area contributed by atoms with Crippen molar-refractivity contribution in [1.82, 2.24) is 0 Å². The van der Waals surface area contributed by atoms with E-state index in [0.717, 1.165) is 19.3 Å². The zero-order valence-corrected chi connectivity index (χ0v) is 10.4. The molecule has 0 aromatic rings. The highest BCUT2D eigenvalue weighted by atomic mass is 16.5. The van der Waals surface area contributed by atoms with E-state index >= 15 is 0 Å². The molecule has 15 heavy (non-hydrogen) atoms. The van der Waals surface area contributed by atoms with Crippen molar-refractivity contribution in [3.8, 4) is 0 Å². The molecule has 1 unspecified atom stereocenters. The molecule has 3 heteroatoms. The second-order valence-corrected chi connectivity index (χ2v) is 4.25. The van der Waals surface area contributed by atoms with Crippen LogP contribution < -0.4 is 0 Å². The van der Waals surface area contributed by atoms with Crippen molar-refractivity contribution in [2.45, 2.75) is 46.1 Å². The molecule has 0 aromatic heterocycles. The molecule has 1 N–H and O–H groups in total. The summed E-state index contributed by atoms with van der Waals surface area (Å²) in [5, 5.41) is 8.51. The van der Waals surface area contributed by atoms with Crippen LogP contribution >= 0.6 is 0 Å². The van der Waals surface area contributed by atoms with Crippen LogP contribution in [-0.2, 0) is 9.47 Å². The van der Waals surface area contributed by atoms with E-state index in [1.807, 2.05) is 0 Å². The van der Waals surface area contributed by atoms with Crippen molar-refractivity contribution in [2.75, 3.05) is 26.4 Å². The highest BCUT2D eigenvalue weighted by molar-refractivity contribution is 4.60. The smallest absolute Gasteiger partial charge is 0.0704 e. The maximum atomic E-state index is 8.51. The first-order valence-electron chi connectivity index (χ1n) is 6.00. The summed E-state index contributed by atoms with van der Waals surface area (Å²) in [5.41, 5.74) is 0. The van der Waals surface area contributed by atoms with Gasteiger partial charge < -0.3 is 14.6 Å². The van der Waals surface area contributed by atoms with Crippen molar-refractivity contribution in [2.24, 2.45) is 5.92 Å². The highest BCUT2D eigenvalue weighted by Crippen LogP contribution is 2.13. The second-order valence-electron chi connectivity index (χ2n) is 4.25. The van der Waals surface area contributed by atoms with Gasteiger partial charge in [-0.15, -0.1) is 0 Å². The summed E-state index contributed by atoms with van der Waals surface area (Å²) < 4.78 is 10.9. The van der Waals surface area contributed by atoms with Crippen LogP contribution in [0.25, 0.3) is 0 Å². The third-order valence-electron chi connectivity index (χ3n) is 2.16. The number of aliphatic hydroxyl groups is 1. The number of ether oxygens (including phenoxy) is 2. The molecule has 0 saturated heterocycles. The zero-order chi connectivity index (χ0) is 11.5. The first kappa shape index (κ1) is 14.9. The fourth-order valence-electron chi connectivity index (χ4n) is 1.56. The van der Waals surface area contributed by atoms with Gasteiger partial charge in [-0.2, -0.15) is 0 Å². The maximum absolute atomic E-state index is 8.51. The topological polar surface area (TPSA) is 38.7 Å². The van der Waals surface area contributed by atoms with Crippen LogP contribution in [0, 0.1) is 5.92 Å². The SMILES string of the molecule is CCCC(CC(C)C)OCCOCCO. The van der Waals surface area contributed by atoms with Crippen molar-refractivity contribution >= 4 is 0 Å². The van der Waals surface area contributed by atoms with Crippen LogP contribution in [-0.4, -0.2) is 37.6 Å². The van der Waals surface area contributed by atoms with E-state index in [0.29, 0.717) is 31.8 Å². The number of aliphatic hydroxyl groups excluding tert-OH is 1. The van der Waals surface area contributed by atoms with E-state index in [-0.39, 0.29) is 6.61 Å². The summed E-state index contributed by atoms with van der Waals surface area (Å²) in [6, 6.07) is 0. The molecule has 0 saturated carbocycles. The molecule has 0 fully saturated rings. The maximum Gasteiger partial charge on any atom is 0.0704 e. The lowest BCUT2D eigenvalue weighted by molar-refractivity contribution is -0.0128. The first-order chi connectivity index (χ1) is 7.20. The Morgan fingerprint density at radius 3 is 2.40 bits per heavy atom. The Bertz CT molecular complexity index is 126. The molecule has 0 aliphatic rings. The molecular formula is C12H26O3. The van der Waals surface area contributed by atoms with Crippen molar-refractivity contribution in [3.05, 3.63) is 0 Å². The Morgan fingerprint density at radius 2 is 1.87 bits per heavy atom. The molecule has 0 spiro atoms. The average Bonchev–Trinajstić information content (AvgIpc) is 2.17. The Labute approximate surface area is 93.8 Å². The van der Waals surface area contributed by atoms with Gasteiger partial charge in [-0.25, -0.2) is 0 Å². The van der Waals surface area contributed by atoms with Crippen LogP contribution in [0.2, 0.25) is 0 Å². The number of rotatable bonds is 10. The van der Waals surface area contributed by atoms with Gasteiger partial charge >= 0.3 is 0 Å². The average molecular weight is 218 g/mol. The normalized spacial score (nSPS) is 13.4. The molecule has 0 rings (SSSR count). The molecule has 92 valence electrons. The van der Waals surface area contributed by atoms with Gasteiger partial charge in [0.15, 0.2) is 0 Å². The van der Waals surface area contributed by atoms with Crippen LogP contribution in [0.1, 0.15) is 40.0 Å². The van der Waals surface area contributed by atoms with Crippen LogP contribution in [0.5, 0.6) is 0 Å². The van der Waals surface area contributed by atoms with Gasteiger partial charge in [0.1, 0.15) is 0 Å². The minimum atomic E-state index is 0.0877. The van der Waals surface area contributed by atoms with Crippen LogP contribution in [0.3, 0.4) is 0 Å². The summed E-state index contributed by atoms with van der Waals surface area (Å²) in [7, 11) is 0. The van der Waals surface area contributed by atoms with E-state index in [9.17, 15) is 0 Å². The molecule has 0 aliphatic carbocycles. The molecule has 0 radical (unpaired) electrons. The largest absolute Gasteiger partial charge is 0.394 e. The molecule has 3 nitrogen and oxygen atoms in total. The highest BCUT2D eigenvalue weighted by Gasteiger charge is 2.09. The summed E-state index contributed by atoms with van der Waals surface area (Å²) >= 11 is 0. The Morgan fingerprint density at radius 1 is 1.13 bits per heavy atom. The molecule has 0 heterocycles.